The highest BCUT2D eigenvalue weighted by Crippen LogP contribution is 2.39. The van der Waals surface area contributed by atoms with Gasteiger partial charge in [-0.1, -0.05) is 12.1 Å². The first-order valence-electron chi connectivity index (χ1n) is 11.4. The number of amides is 3. The van der Waals surface area contributed by atoms with Gasteiger partial charge in [0.2, 0.25) is 0 Å². The summed E-state index contributed by atoms with van der Waals surface area (Å²) in [5.41, 5.74) is 0.416. The van der Waals surface area contributed by atoms with Crippen molar-refractivity contribution in [3.05, 3.63) is 94.1 Å². The monoisotopic (exact) mass is 567 g/mol. The van der Waals surface area contributed by atoms with E-state index in [4.69, 9.17) is 9.79 Å². The second kappa shape index (κ2) is 10.7. The van der Waals surface area contributed by atoms with Gasteiger partial charge < -0.3 is 14.7 Å². The summed E-state index contributed by atoms with van der Waals surface area (Å²) in [5, 5.41) is 2.36. The van der Waals surface area contributed by atoms with Gasteiger partial charge in [0.25, 0.3) is 5.91 Å². The van der Waals surface area contributed by atoms with Crippen molar-refractivity contribution in [3.63, 3.8) is 0 Å². The highest BCUT2D eigenvalue weighted by atomic mass is 31.2. The number of fused-ring (bicyclic) bond motifs is 1. The maximum Gasteiger partial charge on any atom is 0.524 e. The third-order valence-electron chi connectivity index (χ3n) is 6.26. The van der Waals surface area contributed by atoms with Crippen LogP contribution in [0.1, 0.15) is 40.0 Å². The summed E-state index contributed by atoms with van der Waals surface area (Å²) in [6.07, 6.45) is 0. The number of rotatable bonds is 7. The predicted octanol–water partition coefficient (Wildman–Crippen LogP) is 4.78. The molecule has 3 N–H and O–H groups in total. The molecule has 3 amide bonds. The summed E-state index contributed by atoms with van der Waals surface area (Å²) in [6, 6.07) is 7.61. The topological polar surface area (TPSA) is 119 Å². The van der Waals surface area contributed by atoms with Gasteiger partial charge in [-0.2, -0.15) is 0 Å². The number of carbonyl (C=O) groups is 2. The highest BCUT2D eigenvalue weighted by Gasteiger charge is 2.34. The zero-order valence-corrected chi connectivity index (χ0v) is 21.4. The van der Waals surface area contributed by atoms with Crippen molar-refractivity contribution in [3.8, 4) is 5.75 Å². The number of anilines is 1. The zero-order chi connectivity index (χ0) is 28.6. The van der Waals surface area contributed by atoms with Crippen molar-refractivity contribution < 1.29 is 46.0 Å². The Morgan fingerprint density at radius 1 is 1.03 bits per heavy atom. The normalized spacial score (nSPS) is 15.3. The van der Waals surface area contributed by atoms with Crippen LogP contribution in [0, 0.1) is 23.3 Å². The van der Waals surface area contributed by atoms with Gasteiger partial charge in [0.1, 0.15) is 29.0 Å². The fraction of sp³-hybridized carbons (Fsp3) is 0.200. The Balaban J connectivity index is 1.62. The van der Waals surface area contributed by atoms with Crippen LogP contribution >= 0.6 is 7.82 Å². The lowest BCUT2D eigenvalue weighted by Gasteiger charge is -2.39. The summed E-state index contributed by atoms with van der Waals surface area (Å²) in [4.78, 5) is 46.4. The van der Waals surface area contributed by atoms with Crippen LogP contribution in [0.5, 0.6) is 5.75 Å². The Bertz CT molecular complexity index is 1490. The molecule has 0 saturated carbocycles. The summed E-state index contributed by atoms with van der Waals surface area (Å²) in [6.45, 7) is 0.884. The molecule has 1 aliphatic rings. The standard InChI is InChI=1S/C25H22F4N3O6P/c1-13-18-6-4-14(24(33)30-11-19-21(28)8-16(26)9-22(19)29)7-23(18)32(25(34)31(13)2)12-15-3-5-17(10-20(15)27)38-39(35,36)37/h3-10,13H,11-12H2,1-2H3,(H,30,33)(H2,35,36,37). The summed E-state index contributed by atoms with van der Waals surface area (Å²) in [7, 11) is -3.36. The number of phosphoric ester groups is 1. The third-order valence-corrected chi connectivity index (χ3v) is 6.70. The number of carbonyl (C=O) groups excluding carboxylic acids is 2. The number of hydrogen-bond acceptors (Lipinski definition) is 4. The smallest absolute Gasteiger partial charge is 0.404 e. The van der Waals surface area contributed by atoms with E-state index in [1.54, 1.807) is 20.0 Å². The Hall–Kier alpha value is -3.93. The number of urea groups is 1. The number of phosphoric acid groups is 1. The molecule has 1 heterocycles. The van der Waals surface area contributed by atoms with Crippen molar-refractivity contribution in [2.75, 3.05) is 11.9 Å². The van der Waals surface area contributed by atoms with E-state index < -0.39 is 66.9 Å². The van der Waals surface area contributed by atoms with Crippen LogP contribution in [0.2, 0.25) is 0 Å². The maximum atomic E-state index is 14.8. The molecular weight excluding hydrogens is 545 g/mol. The molecule has 3 aromatic carbocycles. The second-order valence-electron chi connectivity index (χ2n) is 8.79. The molecule has 4 rings (SSSR count). The molecule has 1 atom stereocenters. The zero-order valence-electron chi connectivity index (χ0n) is 20.5. The van der Waals surface area contributed by atoms with Crippen molar-refractivity contribution in [2.24, 2.45) is 0 Å². The van der Waals surface area contributed by atoms with Crippen LogP contribution in [0.25, 0.3) is 0 Å². The molecule has 0 bridgehead atoms. The number of nitrogens with one attached hydrogen (secondary N) is 1. The molecule has 0 aromatic heterocycles. The van der Waals surface area contributed by atoms with Crippen LogP contribution < -0.4 is 14.7 Å². The number of hydrogen-bond donors (Lipinski definition) is 3. The van der Waals surface area contributed by atoms with Crippen molar-refractivity contribution in [2.45, 2.75) is 26.1 Å². The third kappa shape index (κ3) is 6.06. The van der Waals surface area contributed by atoms with Crippen LogP contribution in [0.3, 0.4) is 0 Å². The van der Waals surface area contributed by atoms with E-state index in [0.717, 1.165) is 12.1 Å². The largest absolute Gasteiger partial charge is 0.524 e. The molecule has 0 radical (unpaired) electrons. The van der Waals surface area contributed by atoms with Crippen molar-refractivity contribution >= 4 is 25.4 Å². The van der Waals surface area contributed by atoms with E-state index in [9.17, 15) is 31.7 Å². The Labute approximate surface area is 219 Å². The van der Waals surface area contributed by atoms with Gasteiger partial charge in [-0.25, -0.2) is 26.9 Å². The van der Waals surface area contributed by atoms with Gasteiger partial charge >= 0.3 is 13.9 Å². The summed E-state index contributed by atoms with van der Waals surface area (Å²) < 4.78 is 71.3. The lowest BCUT2D eigenvalue weighted by atomic mass is 9.98. The Morgan fingerprint density at radius 3 is 2.31 bits per heavy atom. The van der Waals surface area contributed by atoms with Gasteiger partial charge in [0.15, 0.2) is 0 Å². The average molecular weight is 567 g/mol. The van der Waals surface area contributed by atoms with E-state index in [2.05, 4.69) is 9.84 Å². The van der Waals surface area contributed by atoms with Crippen molar-refractivity contribution in [1.29, 1.82) is 0 Å². The minimum atomic E-state index is -4.91. The number of benzene rings is 3. The second-order valence-corrected chi connectivity index (χ2v) is 9.96. The SMILES string of the molecule is CC1c2ccc(C(=O)NCc3c(F)cc(F)cc3F)cc2N(Cc2ccc(OP(=O)(O)O)cc2F)C(=O)N1C. The van der Waals surface area contributed by atoms with Crippen LogP contribution in [-0.4, -0.2) is 33.7 Å². The fourth-order valence-electron chi connectivity index (χ4n) is 4.12. The molecule has 1 unspecified atom stereocenters. The molecule has 0 saturated heterocycles. The minimum Gasteiger partial charge on any atom is -0.404 e. The number of halogens is 4. The summed E-state index contributed by atoms with van der Waals surface area (Å²) >= 11 is 0. The minimum absolute atomic E-state index is 0.00701. The first kappa shape index (κ1) is 28.1. The fourth-order valence-corrected chi connectivity index (χ4v) is 4.51. The van der Waals surface area contributed by atoms with Crippen LogP contribution in [-0.2, 0) is 17.7 Å². The van der Waals surface area contributed by atoms with E-state index in [-0.39, 0.29) is 23.4 Å². The van der Waals surface area contributed by atoms with Gasteiger partial charge in [0.05, 0.1) is 18.3 Å². The summed E-state index contributed by atoms with van der Waals surface area (Å²) in [5.74, 6) is -5.45. The molecule has 39 heavy (non-hydrogen) atoms. The number of nitrogens with zero attached hydrogens (tertiary/aromatic N) is 2. The quantitative estimate of drug-likeness (QED) is 0.280. The molecule has 9 nitrogen and oxygen atoms in total. The van der Waals surface area contributed by atoms with Crippen LogP contribution in [0.4, 0.5) is 28.0 Å². The van der Waals surface area contributed by atoms with Crippen LogP contribution in [0.15, 0.2) is 48.5 Å². The maximum absolute atomic E-state index is 14.8. The molecular formula is C25H22F4N3O6P. The molecule has 0 aliphatic carbocycles. The first-order valence-corrected chi connectivity index (χ1v) is 12.9. The lowest BCUT2D eigenvalue weighted by molar-refractivity contribution is 0.0950. The molecule has 1 aliphatic heterocycles. The lowest BCUT2D eigenvalue weighted by Crippen LogP contribution is -2.46. The van der Waals surface area contributed by atoms with E-state index >= 15 is 0 Å². The van der Waals surface area contributed by atoms with E-state index in [1.807, 2.05) is 0 Å². The predicted molar refractivity (Wildman–Crippen MR) is 131 cm³/mol. The van der Waals surface area contributed by atoms with Crippen molar-refractivity contribution in [1.82, 2.24) is 10.2 Å². The van der Waals surface area contributed by atoms with Gasteiger partial charge in [-0.05, 0) is 30.7 Å². The molecule has 0 spiro atoms. The first-order chi connectivity index (χ1) is 18.2. The molecule has 0 fully saturated rings. The van der Waals surface area contributed by atoms with Gasteiger partial charge in [-0.3, -0.25) is 19.5 Å². The van der Waals surface area contributed by atoms with Gasteiger partial charge in [0, 0.05) is 48.5 Å². The van der Waals surface area contributed by atoms with Gasteiger partial charge in [-0.15, -0.1) is 0 Å². The molecule has 206 valence electrons. The Kier molecular flexibility index (Phi) is 7.69. The van der Waals surface area contributed by atoms with E-state index in [1.165, 1.54) is 28.0 Å². The molecule has 3 aromatic rings. The average Bonchev–Trinajstić information content (AvgIpc) is 2.84. The van der Waals surface area contributed by atoms with E-state index in [0.29, 0.717) is 17.7 Å². The molecule has 14 heteroatoms. The Morgan fingerprint density at radius 2 is 1.69 bits per heavy atom. The highest BCUT2D eigenvalue weighted by molar-refractivity contribution is 7.46.